The minimum absolute atomic E-state index is 0.361. The molecule has 2 saturated carbocycles. The second-order valence-corrected chi connectivity index (χ2v) is 8.14. The summed E-state index contributed by atoms with van der Waals surface area (Å²) >= 11 is 0. The number of fused-ring (bicyclic) bond motifs is 1. The van der Waals surface area contributed by atoms with Gasteiger partial charge in [0, 0.05) is 0 Å². The molecule has 2 rings (SSSR count). The van der Waals surface area contributed by atoms with Crippen LogP contribution in [0.1, 0.15) is 79.6 Å². The van der Waals surface area contributed by atoms with Crippen LogP contribution >= 0.6 is 0 Å². The Balaban J connectivity index is 2.35. The van der Waals surface area contributed by atoms with Gasteiger partial charge in [-0.2, -0.15) is 0 Å². The van der Waals surface area contributed by atoms with E-state index < -0.39 is 5.60 Å². The number of aliphatic hydroxyl groups is 1. The van der Waals surface area contributed by atoms with Crippen molar-refractivity contribution in [1.29, 1.82) is 0 Å². The SMILES string of the molecule is CCC[C@@H]1[C@@]2(C)CCCC(C)(C)C2CC[C@@]1(C)O. The molecule has 0 heterocycles. The molecule has 0 bridgehead atoms. The van der Waals surface area contributed by atoms with E-state index in [4.69, 9.17) is 0 Å². The van der Waals surface area contributed by atoms with Gasteiger partial charge in [-0.1, -0.05) is 40.5 Å². The van der Waals surface area contributed by atoms with Gasteiger partial charge in [0.2, 0.25) is 0 Å². The van der Waals surface area contributed by atoms with Gasteiger partial charge in [-0.3, -0.25) is 0 Å². The molecule has 0 aromatic heterocycles. The number of hydrogen-bond acceptors (Lipinski definition) is 1. The van der Waals surface area contributed by atoms with Crippen molar-refractivity contribution in [3.8, 4) is 0 Å². The maximum atomic E-state index is 10.8. The van der Waals surface area contributed by atoms with Crippen molar-refractivity contribution in [2.24, 2.45) is 22.7 Å². The first kappa shape index (κ1) is 14.4. The Labute approximate surface area is 113 Å². The highest BCUT2D eigenvalue weighted by molar-refractivity contribution is 5.07. The molecule has 1 heteroatoms. The van der Waals surface area contributed by atoms with Crippen molar-refractivity contribution in [2.75, 3.05) is 0 Å². The second-order valence-electron chi connectivity index (χ2n) is 8.14. The van der Waals surface area contributed by atoms with Crippen molar-refractivity contribution >= 4 is 0 Å². The Bertz CT molecular complexity index is 305. The van der Waals surface area contributed by atoms with E-state index in [2.05, 4.69) is 34.6 Å². The summed E-state index contributed by atoms with van der Waals surface area (Å²) in [6.07, 6.45) is 8.64. The molecule has 2 aliphatic rings. The first-order valence-corrected chi connectivity index (χ1v) is 7.96. The van der Waals surface area contributed by atoms with E-state index in [1.54, 1.807) is 0 Å². The fourth-order valence-corrected chi connectivity index (χ4v) is 5.55. The van der Waals surface area contributed by atoms with Crippen LogP contribution in [0.5, 0.6) is 0 Å². The zero-order valence-corrected chi connectivity index (χ0v) is 13.1. The van der Waals surface area contributed by atoms with E-state index >= 15 is 0 Å². The summed E-state index contributed by atoms with van der Waals surface area (Å²) in [4.78, 5) is 0. The third kappa shape index (κ3) is 2.13. The number of rotatable bonds is 2. The molecule has 1 N–H and O–H groups in total. The Morgan fingerprint density at radius 1 is 1.06 bits per heavy atom. The van der Waals surface area contributed by atoms with Crippen LogP contribution in [0.2, 0.25) is 0 Å². The van der Waals surface area contributed by atoms with Gasteiger partial charge in [0.25, 0.3) is 0 Å². The second kappa shape index (κ2) is 4.51. The average Bonchev–Trinajstić information content (AvgIpc) is 2.22. The van der Waals surface area contributed by atoms with Gasteiger partial charge >= 0.3 is 0 Å². The van der Waals surface area contributed by atoms with Crippen molar-refractivity contribution in [3.05, 3.63) is 0 Å². The van der Waals surface area contributed by atoms with E-state index in [9.17, 15) is 5.11 Å². The summed E-state index contributed by atoms with van der Waals surface area (Å²) < 4.78 is 0. The Morgan fingerprint density at radius 2 is 1.72 bits per heavy atom. The first-order valence-electron chi connectivity index (χ1n) is 7.96. The monoisotopic (exact) mass is 252 g/mol. The standard InChI is InChI=1S/C17H32O/c1-6-8-14-16(4)11-7-10-15(2,3)13(16)9-12-17(14,5)18/h13-14,18H,6-12H2,1-5H3/t13?,14-,16+,17-/m1/s1. The summed E-state index contributed by atoms with van der Waals surface area (Å²) in [5.41, 5.74) is 0.393. The lowest BCUT2D eigenvalue weighted by molar-refractivity contribution is -0.169. The lowest BCUT2D eigenvalue weighted by Crippen LogP contribution is -2.57. The quantitative estimate of drug-likeness (QED) is 0.750. The van der Waals surface area contributed by atoms with Crippen molar-refractivity contribution in [3.63, 3.8) is 0 Å². The van der Waals surface area contributed by atoms with Gasteiger partial charge in [-0.15, -0.1) is 0 Å². The summed E-state index contributed by atoms with van der Waals surface area (Å²) in [6, 6.07) is 0. The minimum atomic E-state index is -0.436. The van der Waals surface area contributed by atoms with Crippen LogP contribution in [0.4, 0.5) is 0 Å². The highest BCUT2D eigenvalue weighted by Gasteiger charge is 2.57. The van der Waals surface area contributed by atoms with E-state index in [1.165, 1.54) is 38.5 Å². The summed E-state index contributed by atoms with van der Waals surface area (Å²) in [6.45, 7) is 11.7. The molecule has 2 fully saturated rings. The van der Waals surface area contributed by atoms with Crippen LogP contribution in [-0.4, -0.2) is 10.7 Å². The van der Waals surface area contributed by atoms with E-state index in [1.807, 2.05) is 0 Å². The fraction of sp³-hybridized carbons (Fsp3) is 1.00. The minimum Gasteiger partial charge on any atom is -0.390 e. The van der Waals surface area contributed by atoms with Crippen molar-refractivity contribution in [2.45, 2.75) is 85.2 Å². The molecule has 106 valence electrons. The van der Waals surface area contributed by atoms with Crippen LogP contribution in [-0.2, 0) is 0 Å². The lowest BCUT2D eigenvalue weighted by atomic mass is 9.45. The van der Waals surface area contributed by atoms with Crippen molar-refractivity contribution < 1.29 is 5.11 Å². The highest BCUT2D eigenvalue weighted by atomic mass is 16.3. The zero-order chi connectivity index (χ0) is 13.6. The lowest BCUT2D eigenvalue weighted by Gasteiger charge is -2.61. The molecule has 0 radical (unpaired) electrons. The maximum Gasteiger partial charge on any atom is 0.0653 e. The van der Waals surface area contributed by atoms with E-state index in [-0.39, 0.29) is 0 Å². The number of hydrogen-bond donors (Lipinski definition) is 1. The van der Waals surface area contributed by atoms with Crippen molar-refractivity contribution in [1.82, 2.24) is 0 Å². The molecule has 4 atom stereocenters. The van der Waals surface area contributed by atoms with Gasteiger partial charge in [-0.25, -0.2) is 0 Å². The highest BCUT2D eigenvalue weighted by Crippen LogP contribution is 2.62. The fourth-order valence-electron chi connectivity index (χ4n) is 5.55. The molecular formula is C17H32O. The summed E-state index contributed by atoms with van der Waals surface area (Å²) in [7, 11) is 0. The maximum absolute atomic E-state index is 10.8. The molecule has 2 aliphatic carbocycles. The van der Waals surface area contributed by atoms with Crippen LogP contribution in [0, 0.1) is 22.7 Å². The van der Waals surface area contributed by atoms with Gasteiger partial charge < -0.3 is 5.11 Å². The smallest absolute Gasteiger partial charge is 0.0653 e. The zero-order valence-electron chi connectivity index (χ0n) is 13.1. The topological polar surface area (TPSA) is 20.2 Å². The largest absolute Gasteiger partial charge is 0.390 e. The Hall–Kier alpha value is -0.0400. The Morgan fingerprint density at radius 3 is 2.33 bits per heavy atom. The Kier molecular flexibility index (Phi) is 3.60. The average molecular weight is 252 g/mol. The van der Waals surface area contributed by atoms with Crippen LogP contribution in [0.15, 0.2) is 0 Å². The molecular weight excluding hydrogens is 220 g/mol. The first-order chi connectivity index (χ1) is 8.24. The molecule has 0 spiro atoms. The summed E-state index contributed by atoms with van der Waals surface area (Å²) in [5.74, 6) is 1.30. The van der Waals surface area contributed by atoms with E-state index in [0.717, 1.165) is 12.3 Å². The molecule has 1 unspecified atom stereocenters. The van der Waals surface area contributed by atoms with Gasteiger partial charge in [-0.05, 0) is 61.7 Å². The molecule has 0 amide bonds. The third-order valence-corrected chi connectivity index (χ3v) is 6.34. The predicted octanol–water partition coefficient (Wildman–Crippen LogP) is 4.78. The van der Waals surface area contributed by atoms with E-state index in [0.29, 0.717) is 16.7 Å². The predicted molar refractivity (Wildman–Crippen MR) is 77.5 cm³/mol. The van der Waals surface area contributed by atoms with Gasteiger partial charge in [0.15, 0.2) is 0 Å². The van der Waals surface area contributed by atoms with Crippen LogP contribution in [0.3, 0.4) is 0 Å². The molecule has 18 heavy (non-hydrogen) atoms. The van der Waals surface area contributed by atoms with Gasteiger partial charge in [0.1, 0.15) is 0 Å². The summed E-state index contributed by atoms with van der Waals surface area (Å²) in [5, 5.41) is 10.8. The molecule has 1 nitrogen and oxygen atoms in total. The normalized spacial score (nSPS) is 47.7. The molecule has 0 aliphatic heterocycles. The molecule has 0 aromatic carbocycles. The molecule has 0 aromatic rings. The van der Waals surface area contributed by atoms with Crippen LogP contribution in [0.25, 0.3) is 0 Å². The van der Waals surface area contributed by atoms with Gasteiger partial charge in [0.05, 0.1) is 5.60 Å². The molecule has 0 saturated heterocycles. The van der Waals surface area contributed by atoms with Crippen LogP contribution < -0.4 is 0 Å². The third-order valence-electron chi connectivity index (χ3n) is 6.34.